The van der Waals surface area contributed by atoms with Crippen LogP contribution in [-0.4, -0.2) is 41.0 Å². The molecule has 0 aliphatic carbocycles. The molecule has 40 heavy (non-hydrogen) atoms. The maximum absolute atomic E-state index is 12.7. The fourth-order valence-corrected chi connectivity index (χ4v) is 4.24. The third-order valence-corrected chi connectivity index (χ3v) is 6.20. The molecule has 4 aromatic carbocycles. The number of benzene rings is 4. The Morgan fingerprint density at radius 1 is 0.925 bits per heavy atom. The zero-order valence-corrected chi connectivity index (χ0v) is 22.1. The van der Waals surface area contributed by atoms with E-state index in [1.54, 1.807) is 17.0 Å². The highest BCUT2D eigenvalue weighted by molar-refractivity contribution is 6.07. The number of amides is 2. The zero-order chi connectivity index (χ0) is 27.7. The molecule has 5 rings (SSSR count). The van der Waals surface area contributed by atoms with Gasteiger partial charge in [0.15, 0.2) is 0 Å². The molecule has 0 unspecified atom stereocenters. The van der Waals surface area contributed by atoms with Crippen LogP contribution in [0.15, 0.2) is 108 Å². The predicted octanol–water partition coefficient (Wildman–Crippen LogP) is 5.36. The molecule has 0 aliphatic rings. The molecule has 0 bridgehead atoms. The number of fused-ring (bicyclic) bond motifs is 1. The average molecular weight is 532 g/mol. The molecule has 0 spiro atoms. The number of ether oxygens (including phenoxy) is 1. The van der Waals surface area contributed by atoms with Crippen molar-refractivity contribution in [3.8, 4) is 22.7 Å². The first-order chi connectivity index (χ1) is 19.6. The smallest absolute Gasteiger partial charge is 0.259 e. The molecule has 8 nitrogen and oxygen atoms in total. The monoisotopic (exact) mass is 531 g/mol. The summed E-state index contributed by atoms with van der Waals surface area (Å²) >= 11 is 0. The summed E-state index contributed by atoms with van der Waals surface area (Å²) in [5.74, 6) is 0.0223. The van der Waals surface area contributed by atoms with Crippen molar-refractivity contribution in [1.82, 2.24) is 20.5 Å². The number of nitrogens with one attached hydrogen (secondary N) is 2. The second-order valence-corrected chi connectivity index (χ2v) is 9.09. The molecule has 0 saturated heterocycles. The van der Waals surface area contributed by atoms with Gasteiger partial charge in [-0.25, -0.2) is 10.1 Å². The Morgan fingerprint density at radius 2 is 1.68 bits per heavy atom. The molecule has 1 aromatic heterocycles. The SMILES string of the molecule is CCCOc1ccc(-c2nn(-c3ccccc3)cc2C=NNC(=O)CNC(=O)c2cccc3ccccc23)cc1. The van der Waals surface area contributed by atoms with Crippen LogP contribution in [0.4, 0.5) is 0 Å². The van der Waals surface area contributed by atoms with Crippen molar-refractivity contribution in [3.05, 3.63) is 114 Å². The Balaban J connectivity index is 1.28. The lowest BCUT2D eigenvalue weighted by molar-refractivity contribution is -0.120. The van der Waals surface area contributed by atoms with Gasteiger partial charge in [-0.1, -0.05) is 61.5 Å². The van der Waals surface area contributed by atoms with Gasteiger partial charge in [0.25, 0.3) is 11.8 Å². The lowest BCUT2D eigenvalue weighted by Crippen LogP contribution is -2.35. The molecule has 5 aromatic rings. The quantitative estimate of drug-likeness (QED) is 0.187. The minimum atomic E-state index is -0.445. The molecule has 0 atom stereocenters. The van der Waals surface area contributed by atoms with Crippen molar-refractivity contribution in [2.45, 2.75) is 13.3 Å². The number of carbonyl (C=O) groups excluding carboxylic acids is 2. The van der Waals surface area contributed by atoms with E-state index in [1.807, 2.05) is 97.2 Å². The summed E-state index contributed by atoms with van der Waals surface area (Å²) in [6, 6.07) is 30.6. The number of carbonyl (C=O) groups is 2. The zero-order valence-electron chi connectivity index (χ0n) is 22.1. The van der Waals surface area contributed by atoms with Gasteiger partial charge in [0.05, 0.1) is 25.1 Å². The van der Waals surface area contributed by atoms with Gasteiger partial charge in [0, 0.05) is 22.9 Å². The molecule has 1 heterocycles. The van der Waals surface area contributed by atoms with E-state index in [0.29, 0.717) is 23.4 Å². The molecule has 8 heteroatoms. The van der Waals surface area contributed by atoms with Crippen LogP contribution in [0.25, 0.3) is 27.7 Å². The highest BCUT2D eigenvalue weighted by Gasteiger charge is 2.13. The Morgan fingerprint density at radius 3 is 2.48 bits per heavy atom. The molecular weight excluding hydrogens is 502 g/mol. The first-order valence-electron chi connectivity index (χ1n) is 13.1. The van der Waals surface area contributed by atoms with Crippen molar-refractivity contribution < 1.29 is 14.3 Å². The summed E-state index contributed by atoms with van der Waals surface area (Å²) in [7, 11) is 0. The number of hydrogen-bond donors (Lipinski definition) is 2. The lowest BCUT2D eigenvalue weighted by Gasteiger charge is -2.07. The molecule has 2 N–H and O–H groups in total. The number of hydrogen-bond acceptors (Lipinski definition) is 5. The van der Waals surface area contributed by atoms with Gasteiger partial charge in [0.2, 0.25) is 0 Å². The topological polar surface area (TPSA) is 97.6 Å². The van der Waals surface area contributed by atoms with E-state index < -0.39 is 5.91 Å². The largest absolute Gasteiger partial charge is 0.494 e. The van der Waals surface area contributed by atoms with E-state index in [4.69, 9.17) is 9.84 Å². The van der Waals surface area contributed by atoms with Crippen LogP contribution < -0.4 is 15.5 Å². The number of hydrazone groups is 1. The van der Waals surface area contributed by atoms with Crippen molar-refractivity contribution in [2.24, 2.45) is 5.10 Å². The first kappa shape index (κ1) is 26.4. The summed E-state index contributed by atoms with van der Waals surface area (Å²) < 4.78 is 7.47. The Hall–Kier alpha value is -5.24. The van der Waals surface area contributed by atoms with Crippen LogP contribution in [0.3, 0.4) is 0 Å². The highest BCUT2D eigenvalue weighted by Crippen LogP contribution is 2.25. The molecule has 0 radical (unpaired) electrons. The van der Waals surface area contributed by atoms with Crippen molar-refractivity contribution in [3.63, 3.8) is 0 Å². The maximum atomic E-state index is 12.7. The molecular formula is C32H29N5O3. The second-order valence-electron chi connectivity index (χ2n) is 9.09. The molecule has 0 saturated carbocycles. The van der Waals surface area contributed by atoms with Crippen molar-refractivity contribution in [2.75, 3.05) is 13.2 Å². The fraction of sp³-hybridized carbons (Fsp3) is 0.125. The van der Waals surface area contributed by atoms with Crippen LogP contribution in [-0.2, 0) is 4.79 Å². The molecule has 0 fully saturated rings. The van der Waals surface area contributed by atoms with Gasteiger partial charge in [-0.3, -0.25) is 9.59 Å². The van der Waals surface area contributed by atoms with E-state index in [2.05, 4.69) is 22.8 Å². The Bertz CT molecular complexity index is 1640. The van der Waals surface area contributed by atoms with Gasteiger partial charge in [-0.05, 0) is 59.7 Å². The van der Waals surface area contributed by atoms with Crippen molar-refractivity contribution >= 4 is 28.8 Å². The van der Waals surface area contributed by atoms with Gasteiger partial charge in [-0.15, -0.1) is 0 Å². The minimum Gasteiger partial charge on any atom is -0.494 e. The van der Waals surface area contributed by atoms with Crippen LogP contribution in [0, 0.1) is 0 Å². The Kier molecular flexibility index (Phi) is 8.26. The molecule has 0 aliphatic heterocycles. The first-order valence-corrected chi connectivity index (χ1v) is 13.1. The number of aromatic nitrogens is 2. The third kappa shape index (κ3) is 6.24. The third-order valence-electron chi connectivity index (χ3n) is 6.20. The van der Waals surface area contributed by atoms with Gasteiger partial charge in [0.1, 0.15) is 11.4 Å². The normalized spacial score (nSPS) is 11.0. The van der Waals surface area contributed by atoms with Crippen LogP contribution in [0.1, 0.15) is 29.3 Å². The number of para-hydroxylation sites is 1. The Labute approximate surface area is 232 Å². The van der Waals surface area contributed by atoms with Gasteiger partial charge >= 0.3 is 0 Å². The lowest BCUT2D eigenvalue weighted by atomic mass is 10.0. The number of nitrogens with zero attached hydrogens (tertiary/aromatic N) is 3. The summed E-state index contributed by atoms with van der Waals surface area (Å²) in [6.45, 7) is 2.50. The standard InChI is InChI=1S/C32H29N5O3/c1-2-19-40-27-17-15-24(16-18-27)31-25(22-37(36-31)26-11-4-3-5-12-26)20-34-35-30(38)21-33-32(39)29-14-8-10-23-9-6-7-13-28(23)29/h3-18,20,22H,2,19,21H2,1H3,(H,33,39)(H,35,38). The molecule has 200 valence electrons. The van der Waals surface area contributed by atoms with Gasteiger partial charge in [-0.2, -0.15) is 10.2 Å². The van der Waals surface area contributed by atoms with Crippen LogP contribution in [0.2, 0.25) is 0 Å². The van der Waals surface area contributed by atoms with Gasteiger partial charge < -0.3 is 10.1 Å². The minimum absolute atomic E-state index is 0.214. The second kappa shape index (κ2) is 12.5. The van der Waals surface area contributed by atoms with E-state index >= 15 is 0 Å². The van der Waals surface area contributed by atoms with Crippen molar-refractivity contribution in [1.29, 1.82) is 0 Å². The van der Waals surface area contributed by atoms with E-state index in [0.717, 1.165) is 34.2 Å². The summed E-state index contributed by atoms with van der Waals surface area (Å²) in [4.78, 5) is 25.2. The highest BCUT2D eigenvalue weighted by atomic mass is 16.5. The summed E-state index contributed by atoms with van der Waals surface area (Å²) in [5, 5.41) is 13.4. The average Bonchev–Trinajstić information content (AvgIpc) is 3.43. The van der Waals surface area contributed by atoms with E-state index in [9.17, 15) is 9.59 Å². The van der Waals surface area contributed by atoms with Crippen LogP contribution >= 0.6 is 0 Å². The van der Waals surface area contributed by atoms with E-state index in [1.165, 1.54) is 0 Å². The maximum Gasteiger partial charge on any atom is 0.259 e. The summed E-state index contributed by atoms with van der Waals surface area (Å²) in [5.41, 5.74) is 6.20. The van der Waals surface area contributed by atoms with Crippen LogP contribution in [0.5, 0.6) is 5.75 Å². The predicted molar refractivity (Wildman–Crippen MR) is 157 cm³/mol. The summed E-state index contributed by atoms with van der Waals surface area (Å²) in [6.07, 6.45) is 4.33. The number of rotatable bonds is 10. The fourth-order valence-electron chi connectivity index (χ4n) is 4.24. The molecule has 2 amide bonds. The van der Waals surface area contributed by atoms with E-state index in [-0.39, 0.29) is 12.5 Å².